The standard InChI is InChI=1S/C9H14N2O/c10-7-8-3-4-9(12-8)11-5-1-2-6-11/h3-4H,1-2,5-7,10H2. The smallest absolute Gasteiger partial charge is 0.195 e. The predicted molar refractivity (Wildman–Crippen MR) is 48.0 cm³/mol. The average Bonchev–Trinajstić information content (AvgIpc) is 2.75. The summed E-state index contributed by atoms with van der Waals surface area (Å²) in [7, 11) is 0. The monoisotopic (exact) mass is 166 g/mol. The van der Waals surface area contributed by atoms with E-state index in [0.29, 0.717) is 6.54 Å². The van der Waals surface area contributed by atoms with Gasteiger partial charge in [0.25, 0.3) is 0 Å². The molecule has 0 amide bonds. The van der Waals surface area contributed by atoms with Crippen LogP contribution in [-0.2, 0) is 6.54 Å². The van der Waals surface area contributed by atoms with Gasteiger partial charge in [0, 0.05) is 19.2 Å². The maximum atomic E-state index is 5.52. The lowest BCUT2D eigenvalue weighted by molar-refractivity contribution is 0.507. The van der Waals surface area contributed by atoms with Crippen LogP contribution < -0.4 is 10.6 Å². The minimum atomic E-state index is 0.494. The largest absolute Gasteiger partial charge is 0.444 e. The predicted octanol–water partition coefficient (Wildman–Crippen LogP) is 1.34. The molecule has 0 unspecified atom stereocenters. The Morgan fingerprint density at radius 1 is 1.33 bits per heavy atom. The van der Waals surface area contributed by atoms with Gasteiger partial charge >= 0.3 is 0 Å². The molecule has 1 aromatic heterocycles. The topological polar surface area (TPSA) is 42.4 Å². The van der Waals surface area contributed by atoms with Gasteiger partial charge in [0.05, 0.1) is 6.54 Å². The van der Waals surface area contributed by atoms with Crippen molar-refractivity contribution in [1.82, 2.24) is 0 Å². The molecule has 1 aromatic rings. The van der Waals surface area contributed by atoms with E-state index < -0.39 is 0 Å². The highest BCUT2D eigenvalue weighted by Crippen LogP contribution is 2.22. The second kappa shape index (κ2) is 3.19. The highest BCUT2D eigenvalue weighted by molar-refractivity contribution is 5.37. The highest BCUT2D eigenvalue weighted by Gasteiger charge is 2.14. The van der Waals surface area contributed by atoms with E-state index in [1.807, 2.05) is 12.1 Å². The minimum absolute atomic E-state index is 0.494. The molecule has 0 atom stereocenters. The van der Waals surface area contributed by atoms with Crippen LogP contribution in [0.1, 0.15) is 18.6 Å². The summed E-state index contributed by atoms with van der Waals surface area (Å²) in [5.74, 6) is 1.85. The molecule has 0 radical (unpaired) electrons. The van der Waals surface area contributed by atoms with E-state index in [0.717, 1.165) is 24.7 Å². The minimum Gasteiger partial charge on any atom is -0.444 e. The maximum absolute atomic E-state index is 5.52. The van der Waals surface area contributed by atoms with Crippen molar-refractivity contribution in [2.45, 2.75) is 19.4 Å². The Morgan fingerprint density at radius 3 is 2.67 bits per heavy atom. The van der Waals surface area contributed by atoms with Gasteiger partial charge in [-0.05, 0) is 18.9 Å². The molecule has 0 aliphatic carbocycles. The molecule has 0 bridgehead atoms. The Labute approximate surface area is 72.1 Å². The van der Waals surface area contributed by atoms with Crippen molar-refractivity contribution < 1.29 is 4.42 Å². The number of furan rings is 1. The first-order valence-corrected chi connectivity index (χ1v) is 4.44. The molecular formula is C9H14N2O. The summed E-state index contributed by atoms with van der Waals surface area (Å²) < 4.78 is 5.52. The first-order chi connectivity index (χ1) is 5.90. The molecule has 12 heavy (non-hydrogen) atoms. The number of hydrogen-bond donors (Lipinski definition) is 1. The number of nitrogens with two attached hydrogens (primary N) is 1. The normalized spacial score (nSPS) is 17.2. The fourth-order valence-corrected chi connectivity index (χ4v) is 1.58. The number of nitrogens with zero attached hydrogens (tertiary/aromatic N) is 1. The van der Waals surface area contributed by atoms with Crippen LogP contribution in [0.4, 0.5) is 5.88 Å². The Bertz CT molecular complexity index is 251. The van der Waals surface area contributed by atoms with E-state index in [9.17, 15) is 0 Å². The van der Waals surface area contributed by atoms with Crippen LogP contribution in [0.2, 0.25) is 0 Å². The van der Waals surface area contributed by atoms with Crippen molar-refractivity contribution in [2.75, 3.05) is 18.0 Å². The van der Waals surface area contributed by atoms with E-state index >= 15 is 0 Å². The Morgan fingerprint density at radius 2 is 2.08 bits per heavy atom. The number of rotatable bonds is 2. The quantitative estimate of drug-likeness (QED) is 0.721. The first kappa shape index (κ1) is 7.68. The molecule has 3 heteroatoms. The lowest BCUT2D eigenvalue weighted by Crippen LogP contribution is -2.16. The van der Waals surface area contributed by atoms with Crippen LogP contribution in [0.5, 0.6) is 0 Å². The van der Waals surface area contributed by atoms with Crippen LogP contribution in [0, 0.1) is 0 Å². The van der Waals surface area contributed by atoms with Crippen molar-refractivity contribution in [3.8, 4) is 0 Å². The lowest BCUT2D eigenvalue weighted by atomic mass is 10.4. The van der Waals surface area contributed by atoms with Gasteiger partial charge in [-0.3, -0.25) is 0 Å². The Kier molecular flexibility index (Phi) is 2.04. The molecular weight excluding hydrogens is 152 g/mol. The van der Waals surface area contributed by atoms with E-state index in [2.05, 4.69) is 4.90 Å². The summed E-state index contributed by atoms with van der Waals surface area (Å²) in [6, 6.07) is 3.96. The third kappa shape index (κ3) is 1.32. The second-order valence-corrected chi connectivity index (χ2v) is 3.14. The van der Waals surface area contributed by atoms with Crippen LogP contribution in [-0.4, -0.2) is 13.1 Å². The van der Waals surface area contributed by atoms with E-state index in [1.165, 1.54) is 12.8 Å². The van der Waals surface area contributed by atoms with Crippen molar-refractivity contribution in [3.05, 3.63) is 17.9 Å². The molecule has 1 fully saturated rings. The fourth-order valence-electron chi connectivity index (χ4n) is 1.58. The van der Waals surface area contributed by atoms with E-state index in [1.54, 1.807) is 0 Å². The second-order valence-electron chi connectivity index (χ2n) is 3.14. The van der Waals surface area contributed by atoms with Crippen molar-refractivity contribution >= 4 is 5.88 Å². The Balaban J connectivity index is 2.11. The summed E-state index contributed by atoms with van der Waals surface area (Å²) in [5, 5.41) is 0. The van der Waals surface area contributed by atoms with Gasteiger partial charge in [0.15, 0.2) is 5.88 Å². The van der Waals surface area contributed by atoms with E-state index in [4.69, 9.17) is 10.2 Å². The third-order valence-corrected chi connectivity index (χ3v) is 2.27. The molecule has 2 rings (SSSR count). The summed E-state index contributed by atoms with van der Waals surface area (Å²) >= 11 is 0. The van der Waals surface area contributed by atoms with Gasteiger partial charge in [-0.25, -0.2) is 0 Å². The van der Waals surface area contributed by atoms with Gasteiger partial charge in [0.2, 0.25) is 0 Å². The van der Waals surface area contributed by atoms with Crippen molar-refractivity contribution in [3.63, 3.8) is 0 Å². The van der Waals surface area contributed by atoms with Crippen LogP contribution in [0.3, 0.4) is 0 Å². The molecule has 0 saturated carbocycles. The number of anilines is 1. The molecule has 2 heterocycles. The van der Waals surface area contributed by atoms with Gasteiger partial charge in [0.1, 0.15) is 5.76 Å². The van der Waals surface area contributed by atoms with Crippen LogP contribution >= 0.6 is 0 Å². The first-order valence-electron chi connectivity index (χ1n) is 4.44. The van der Waals surface area contributed by atoms with Crippen molar-refractivity contribution in [1.29, 1.82) is 0 Å². The molecule has 0 aromatic carbocycles. The molecule has 3 nitrogen and oxygen atoms in total. The summed E-state index contributed by atoms with van der Waals surface area (Å²) in [6.45, 7) is 2.74. The number of hydrogen-bond acceptors (Lipinski definition) is 3. The fraction of sp³-hybridized carbons (Fsp3) is 0.556. The zero-order valence-electron chi connectivity index (χ0n) is 7.12. The summed E-state index contributed by atoms with van der Waals surface area (Å²) in [5.41, 5.74) is 5.45. The average molecular weight is 166 g/mol. The molecule has 2 N–H and O–H groups in total. The van der Waals surface area contributed by atoms with Crippen LogP contribution in [0.25, 0.3) is 0 Å². The molecule has 66 valence electrons. The van der Waals surface area contributed by atoms with Gasteiger partial charge in [-0.15, -0.1) is 0 Å². The summed E-state index contributed by atoms with van der Waals surface area (Å²) in [4.78, 5) is 2.26. The van der Waals surface area contributed by atoms with Gasteiger partial charge in [-0.2, -0.15) is 0 Å². The van der Waals surface area contributed by atoms with Crippen LogP contribution in [0.15, 0.2) is 16.5 Å². The van der Waals surface area contributed by atoms with Gasteiger partial charge < -0.3 is 15.1 Å². The lowest BCUT2D eigenvalue weighted by Gasteiger charge is -2.12. The molecule has 0 spiro atoms. The molecule has 1 aliphatic heterocycles. The Hall–Kier alpha value is -0.960. The molecule has 1 aliphatic rings. The highest BCUT2D eigenvalue weighted by atomic mass is 16.4. The summed E-state index contributed by atoms with van der Waals surface area (Å²) in [6.07, 6.45) is 2.55. The zero-order valence-corrected chi connectivity index (χ0v) is 7.12. The van der Waals surface area contributed by atoms with E-state index in [-0.39, 0.29) is 0 Å². The zero-order chi connectivity index (χ0) is 8.39. The maximum Gasteiger partial charge on any atom is 0.195 e. The van der Waals surface area contributed by atoms with Crippen molar-refractivity contribution in [2.24, 2.45) is 5.73 Å². The van der Waals surface area contributed by atoms with Gasteiger partial charge in [-0.1, -0.05) is 0 Å². The third-order valence-electron chi connectivity index (χ3n) is 2.27. The molecule has 1 saturated heterocycles. The SMILES string of the molecule is NCc1ccc(N2CCCC2)o1.